The van der Waals surface area contributed by atoms with Crippen LogP contribution in [-0.2, 0) is 0 Å². The summed E-state index contributed by atoms with van der Waals surface area (Å²) < 4.78 is 0. The highest BCUT2D eigenvalue weighted by Crippen LogP contribution is 2.30. The summed E-state index contributed by atoms with van der Waals surface area (Å²) >= 11 is 0. The minimum Gasteiger partial charge on any atom is -0.508 e. The van der Waals surface area contributed by atoms with Crippen LogP contribution in [0.15, 0.2) is 49.0 Å². The predicted octanol–water partition coefficient (Wildman–Crippen LogP) is 4.48. The Labute approximate surface area is 108 Å². The Morgan fingerprint density at radius 3 is 2.56 bits per heavy atom. The van der Waals surface area contributed by atoms with E-state index in [0.717, 1.165) is 28.1 Å². The van der Waals surface area contributed by atoms with Gasteiger partial charge in [-0.25, -0.2) is 0 Å². The zero-order chi connectivity index (χ0) is 13.1. The molecule has 0 unspecified atom stereocenters. The Morgan fingerprint density at radius 2 is 1.89 bits per heavy atom. The van der Waals surface area contributed by atoms with Crippen LogP contribution < -0.4 is 5.32 Å². The molecule has 0 spiro atoms. The molecule has 0 bridgehead atoms. The molecular formula is C16H17NO. The van der Waals surface area contributed by atoms with Gasteiger partial charge < -0.3 is 10.4 Å². The summed E-state index contributed by atoms with van der Waals surface area (Å²) in [5, 5.41) is 12.8. The Morgan fingerprint density at radius 1 is 1.17 bits per heavy atom. The zero-order valence-electron chi connectivity index (χ0n) is 10.7. The Hall–Kier alpha value is -2.22. The van der Waals surface area contributed by atoms with Crippen LogP contribution in [0.5, 0.6) is 5.75 Å². The number of phenols is 1. The molecule has 0 saturated heterocycles. The number of hydrogen-bond donors (Lipinski definition) is 2. The van der Waals surface area contributed by atoms with E-state index in [1.165, 1.54) is 0 Å². The zero-order valence-corrected chi connectivity index (χ0v) is 10.7. The van der Waals surface area contributed by atoms with Gasteiger partial charge in [0.2, 0.25) is 0 Å². The average Bonchev–Trinajstić information content (AvgIpc) is 2.31. The Kier molecular flexibility index (Phi) is 3.38. The number of anilines is 2. The van der Waals surface area contributed by atoms with Gasteiger partial charge in [-0.15, -0.1) is 0 Å². The molecule has 2 N–H and O–H groups in total. The van der Waals surface area contributed by atoms with Crippen molar-refractivity contribution in [3.05, 3.63) is 60.2 Å². The van der Waals surface area contributed by atoms with Crippen molar-refractivity contribution in [1.29, 1.82) is 0 Å². The van der Waals surface area contributed by atoms with Crippen LogP contribution >= 0.6 is 0 Å². The second kappa shape index (κ2) is 4.96. The van der Waals surface area contributed by atoms with Crippen LogP contribution in [0.3, 0.4) is 0 Å². The highest BCUT2D eigenvalue weighted by molar-refractivity contribution is 5.79. The fourth-order valence-electron chi connectivity index (χ4n) is 1.92. The van der Waals surface area contributed by atoms with E-state index < -0.39 is 0 Å². The lowest BCUT2D eigenvalue weighted by Crippen LogP contribution is -1.97. The largest absolute Gasteiger partial charge is 0.508 e. The summed E-state index contributed by atoms with van der Waals surface area (Å²) in [5.74, 6) is 0.255. The molecule has 0 aromatic heterocycles. The van der Waals surface area contributed by atoms with Gasteiger partial charge in [0, 0.05) is 23.0 Å². The molecule has 2 aromatic rings. The molecule has 0 aliphatic carbocycles. The highest BCUT2D eigenvalue weighted by atomic mass is 16.3. The third-order valence-corrected chi connectivity index (χ3v) is 2.85. The van der Waals surface area contributed by atoms with Gasteiger partial charge >= 0.3 is 0 Å². The van der Waals surface area contributed by atoms with Crippen molar-refractivity contribution >= 4 is 16.9 Å². The highest BCUT2D eigenvalue weighted by Gasteiger charge is 2.06. The third kappa shape index (κ3) is 2.54. The van der Waals surface area contributed by atoms with Crippen molar-refractivity contribution in [2.45, 2.75) is 13.8 Å². The standard InChI is InChI=1S/C16H17NO/c1-11(2)15-9-4-6-12(3)16(15)17-13-7-5-8-14(18)10-13/h4-10,17-18H,1H2,2-3H3. The van der Waals surface area contributed by atoms with Crippen molar-refractivity contribution in [2.24, 2.45) is 0 Å². The van der Waals surface area contributed by atoms with E-state index in [4.69, 9.17) is 0 Å². The predicted molar refractivity (Wildman–Crippen MR) is 77.3 cm³/mol. The maximum atomic E-state index is 9.48. The molecule has 2 rings (SSSR count). The number of nitrogens with one attached hydrogen (secondary N) is 1. The molecule has 2 nitrogen and oxygen atoms in total. The molecule has 0 aliphatic heterocycles. The monoisotopic (exact) mass is 239 g/mol. The molecule has 0 saturated carbocycles. The van der Waals surface area contributed by atoms with Crippen molar-refractivity contribution < 1.29 is 5.11 Å². The summed E-state index contributed by atoms with van der Waals surface area (Å²) in [6, 6.07) is 13.2. The van der Waals surface area contributed by atoms with Crippen LogP contribution in [0.1, 0.15) is 18.1 Å². The number of benzene rings is 2. The normalized spacial score (nSPS) is 10.1. The van der Waals surface area contributed by atoms with Gasteiger partial charge in [0.05, 0.1) is 0 Å². The van der Waals surface area contributed by atoms with Crippen molar-refractivity contribution in [3.63, 3.8) is 0 Å². The number of allylic oxidation sites excluding steroid dienone is 1. The van der Waals surface area contributed by atoms with Gasteiger partial charge in [-0.2, -0.15) is 0 Å². The van der Waals surface area contributed by atoms with Crippen LogP contribution in [0.4, 0.5) is 11.4 Å². The van der Waals surface area contributed by atoms with E-state index in [-0.39, 0.29) is 5.75 Å². The topological polar surface area (TPSA) is 32.3 Å². The van der Waals surface area contributed by atoms with Crippen molar-refractivity contribution in [1.82, 2.24) is 0 Å². The molecule has 0 fully saturated rings. The molecule has 0 aliphatic rings. The van der Waals surface area contributed by atoms with E-state index in [9.17, 15) is 5.11 Å². The number of aryl methyl sites for hydroxylation is 1. The summed E-state index contributed by atoms with van der Waals surface area (Å²) in [6.07, 6.45) is 0. The number of hydrogen-bond acceptors (Lipinski definition) is 2. The first kappa shape index (κ1) is 12.2. The SMILES string of the molecule is C=C(C)c1cccc(C)c1Nc1cccc(O)c1. The van der Waals surface area contributed by atoms with Crippen LogP contribution in [-0.4, -0.2) is 5.11 Å². The Bertz CT molecular complexity index is 587. The smallest absolute Gasteiger partial charge is 0.117 e. The van der Waals surface area contributed by atoms with Gasteiger partial charge in [-0.05, 0) is 37.1 Å². The van der Waals surface area contributed by atoms with E-state index >= 15 is 0 Å². The lowest BCUT2D eigenvalue weighted by Gasteiger charge is -2.15. The molecular weight excluding hydrogens is 222 g/mol. The summed E-state index contributed by atoms with van der Waals surface area (Å²) in [5.41, 5.74) is 5.17. The molecule has 2 aromatic carbocycles. The summed E-state index contributed by atoms with van der Waals surface area (Å²) in [7, 11) is 0. The Balaban J connectivity index is 2.42. The fourth-order valence-corrected chi connectivity index (χ4v) is 1.92. The molecule has 18 heavy (non-hydrogen) atoms. The quantitative estimate of drug-likeness (QED) is 0.827. The second-order valence-corrected chi connectivity index (χ2v) is 4.45. The lowest BCUT2D eigenvalue weighted by molar-refractivity contribution is 0.475. The minimum absolute atomic E-state index is 0.255. The first-order valence-electron chi connectivity index (χ1n) is 5.89. The average molecular weight is 239 g/mol. The van der Waals surface area contributed by atoms with Gasteiger partial charge in [0.15, 0.2) is 0 Å². The van der Waals surface area contributed by atoms with E-state index in [0.29, 0.717) is 0 Å². The van der Waals surface area contributed by atoms with E-state index in [1.807, 2.05) is 31.2 Å². The number of para-hydroxylation sites is 1. The first-order chi connectivity index (χ1) is 8.58. The first-order valence-corrected chi connectivity index (χ1v) is 5.89. The van der Waals surface area contributed by atoms with Crippen LogP contribution in [0, 0.1) is 6.92 Å². The van der Waals surface area contributed by atoms with Gasteiger partial charge in [0.1, 0.15) is 5.75 Å². The van der Waals surface area contributed by atoms with Crippen molar-refractivity contribution in [3.8, 4) is 5.75 Å². The molecule has 0 radical (unpaired) electrons. The van der Waals surface area contributed by atoms with Gasteiger partial charge in [-0.1, -0.05) is 30.8 Å². The van der Waals surface area contributed by atoms with Crippen LogP contribution in [0.2, 0.25) is 0 Å². The third-order valence-electron chi connectivity index (χ3n) is 2.85. The lowest BCUT2D eigenvalue weighted by atomic mass is 10.0. The molecule has 92 valence electrons. The molecule has 0 heterocycles. The van der Waals surface area contributed by atoms with E-state index in [1.54, 1.807) is 12.1 Å². The maximum absolute atomic E-state index is 9.48. The van der Waals surface area contributed by atoms with E-state index in [2.05, 4.69) is 24.9 Å². The number of rotatable bonds is 3. The minimum atomic E-state index is 0.255. The second-order valence-electron chi connectivity index (χ2n) is 4.45. The summed E-state index contributed by atoms with van der Waals surface area (Å²) in [4.78, 5) is 0. The van der Waals surface area contributed by atoms with Crippen molar-refractivity contribution in [2.75, 3.05) is 5.32 Å². The fraction of sp³-hybridized carbons (Fsp3) is 0.125. The van der Waals surface area contributed by atoms with Gasteiger partial charge in [-0.3, -0.25) is 0 Å². The van der Waals surface area contributed by atoms with Gasteiger partial charge in [0.25, 0.3) is 0 Å². The molecule has 0 atom stereocenters. The number of phenolic OH excluding ortho intramolecular Hbond substituents is 1. The molecule has 0 amide bonds. The number of aromatic hydroxyl groups is 1. The molecule has 2 heteroatoms. The maximum Gasteiger partial charge on any atom is 0.117 e. The summed E-state index contributed by atoms with van der Waals surface area (Å²) in [6.45, 7) is 8.04. The van der Waals surface area contributed by atoms with Crippen LogP contribution in [0.25, 0.3) is 5.57 Å².